The lowest BCUT2D eigenvalue weighted by Gasteiger charge is -2.33. The standard InChI is InChI=1S/C10H14O4/c1-10(9(13)14-2)6-4-3-5-7(10)8(11)12/h3-4,7H,5-6H2,1-2H3,(H,11,12). The van der Waals surface area contributed by atoms with Crippen molar-refractivity contribution < 1.29 is 19.4 Å². The second-order valence-electron chi connectivity index (χ2n) is 3.71. The summed E-state index contributed by atoms with van der Waals surface area (Å²) in [6.07, 6.45) is 4.44. The van der Waals surface area contributed by atoms with Gasteiger partial charge in [-0.15, -0.1) is 0 Å². The van der Waals surface area contributed by atoms with Crippen LogP contribution >= 0.6 is 0 Å². The van der Waals surface area contributed by atoms with Crippen LogP contribution in [0.3, 0.4) is 0 Å². The molecule has 2 atom stereocenters. The zero-order valence-corrected chi connectivity index (χ0v) is 8.32. The van der Waals surface area contributed by atoms with Crippen LogP contribution < -0.4 is 0 Å². The molecule has 0 aromatic carbocycles. The van der Waals surface area contributed by atoms with E-state index in [0.717, 1.165) is 0 Å². The zero-order chi connectivity index (χ0) is 10.8. The molecular formula is C10H14O4. The number of carbonyl (C=O) groups is 2. The summed E-state index contributed by atoms with van der Waals surface area (Å²) in [5.41, 5.74) is -0.921. The SMILES string of the molecule is COC(=O)C1(C)CC=CCC1C(=O)O. The highest BCUT2D eigenvalue weighted by Crippen LogP contribution is 2.39. The first-order valence-electron chi connectivity index (χ1n) is 4.48. The molecule has 1 aliphatic carbocycles. The molecule has 1 aliphatic rings. The summed E-state index contributed by atoms with van der Waals surface area (Å²) in [5.74, 6) is -2.07. The molecule has 0 fully saturated rings. The van der Waals surface area contributed by atoms with Crippen molar-refractivity contribution >= 4 is 11.9 Å². The summed E-state index contributed by atoms with van der Waals surface area (Å²) in [7, 11) is 1.28. The number of esters is 1. The highest BCUT2D eigenvalue weighted by molar-refractivity contribution is 5.84. The van der Waals surface area contributed by atoms with Gasteiger partial charge in [0, 0.05) is 0 Å². The van der Waals surface area contributed by atoms with Gasteiger partial charge in [0.25, 0.3) is 0 Å². The maximum atomic E-state index is 11.5. The van der Waals surface area contributed by atoms with E-state index in [1.165, 1.54) is 7.11 Å². The van der Waals surface area contributed by atoms with Crippen molar-refractivity contribution in [2.45, 2.75) is 19.8 Å². The molecule has 0 radical (unpaired) electrons. The zero-order valence-electron chi connectivity index (χ0n) is 8.32. The van der Waals surface area contributed by atoms with Crippen LogP contribution in [0.15, 0.2) is 12.2 Å². The number of ether oxygens (including phenoxy) is 1. The van der Waals surface area contributed by atoms with Crippen LogP contribution in [0.4, 0.5) is 0 Å². The predicted molar refractivity (Wildman–Crippen MR) is 49.6 cm³/mol. The Bertz CT molecular complexity index is 282. The van der Waals surface area contributed by atoms with Crippen LogP contribution in [0.25, 0.3) is 0 Å². The molecule has 1 rings (SSSR count). The Balaban J connectivity index is 2.98. The van der Waals surface area contributed by atoms with Gasteiger partial charge in [0.05, 0.1) is 18.4 Å². The van der Waals surface area contributed by atoms with Crippen LogP contribution in [-0.2, 0) is 14.3 Å². The number of carboxylic acids is 1. The van der Waals surface area contributed by atoms with Gasteiger partial charge in [-0.1, -0.05) is 12.2 Å². The number of allylic oxidation sites excluding steroid dienone is 2. The fourth-order valence-electron chi connectivity index (χ4n) is 1.79. The third-order valence-corrected chi connectivity index (χ3v) is 2.80. The van der Waals surface area contributed by atoms with E-state index < -0.39 is 23.3 Å². The normalized spacial score (nSPS) is 31.1. The Labute approximate surface area is 82.6 Å². The Kier molecular flexibility index (Phi) is 2.93. The summed E-state index contributed by atoms with van der Waals surface area (Å²) in [5, 5.41) is 8.98. The molecule has 78 valence electrons. The maximum absolute atomic E-state index is 11.5. The average Bonchev–Trinajstić information content (AvgIpc) is 2.16. The average molecular weight is 198 g/mol. The largest absolute Gasteiger partial charge is 0.481 e. The van der Waals surface area contributed by atoms with Gasteiger partial charge in [-0.2, -0.15) is 0 Å². The second kappa shape index (κ2) is 3.82. The van der Waals surface area contributed by atoms with Gasteiger partial charge in [-0.3, -0.25) is 9.59 Å². The van der Waals surface area contributed by atoms with E-state index in [1.54, 1.807) is 13.0 Å². The molecule has 4 heteroatoms. The number of aliphatic carboxylic acids is 1. The van der Waals surface area contributed by atoms with Crippen molar-refractivity contribution in [1.82, 2.24) is 0 Å². The Morgan fingerprint density at radius 3 is 2.64 bits per heavy atom. The summed E-state index contributed by atoms with van der Waals surface area (Å²) in [6.45, 7) is 1.64. The van der Waals surface area contributed by atoms with Crippen molar-refractivity contribution in [3.05, 3.63) is 12.2 Å². The van der Waals surface area contributed by atoms with Crippen molar-refractivity contribution in [3.8, 4) is 0 Å². The van der Waals surface area contributed by atoms with Gasteiger partial charge in [-0.05, 0) is 19.8 Å². The summed E-state index contributed by atoms with van der Waals surface area (Å²) < 4.78 is 4.64. The van der Waals surface area contributed by atoms with Gasteiger partial charge >= 0.3 is 11.9 Å². The highest BCUT2D eigenvalue weighted by Gasteiger charge is 2.46. The van der Waals surface area contributed by atoms with Gasteiger partial charge in [0.2, 0.25) is 0 Å². The lowest BCUT2D eigenvalue weighted by atomic mass is 9.70. The quantitative estimate of drug-likeness (QED) is 0.535. The molecule has 14 heavy (non-hydrogen) atoms. The first kappa shape index (κ1) is 10.8. The number of methoxy groups -OCH3 is 1. The molecule has 0 heterocycles. The number of rotatable bonds is 2. The minimum Gasteiger partial charge on any atom is -0.481 e. The third kappa shape index (κ3) is 1.64. The summed E-state index contributed by atoms with van der Waals surface area (Å²) in [4.78, 5) is 22.4. The maximum Gasteiger partial charge on any atom is 0.312 e. The highest BCUT2D eigenvalue weighted by atomic mass is 16.5. The minimum atomic E-state index is -0.942. The monoisotopic (exact) mass is 198 g/mol. The van der Waals surface area contributed by atoms with E-state index in [0.29, 0.717) is 12.8 Å². The van der Waals surface area contributed by atoms with Crippen LogP contribution in [0, 0.1) is 11.3 Å². The Morgan fingerprint density at radius 1 is 1.50 bits per heavy atom. The van der Waals surface area contributed by atoms with Crippen LogP contribution in [0.2, 0.25) is 0 Å². The minimum absolute atomic E-state index is 0.390. The van der Waals surface area contributed by atoms with Crippen LogP contribution in [0.1, 0.15) is 19.8 Å². The van der Waals surface area contributed by atoms with Gasteiger partial charge < -0.3 is 9.84 Å². The van der Waals surface area contributed by atoms with Crippen molar-refractivity contribution in [2.75, 3.05) is 7.11 Å². The van der Waals surface area contributed by atoms with Crippen molar-refractivity contribution in [2.24, 2.45) is 11.3 Å². The molecule has 0 spiro atoms. The molecule has 0 saturated heterocycles. The lowest BCUT2D eigenvalue weighted by Crippen LogP contribution is -2.41. The molecule has 1 N–H and O–H groups in total. The fraction of sp³-hybridized carbons (Fsp3) is 0.600. The van der Waals surface area contributed by atoms with Crippen LogP contribution in [-0.4, -0.2) is 24.2 Å². The van der Waals surface area contributed by atoms with E-state index in [9.17, 15) is 9.59 Å². The number of carbonyl (C=O) groups excluding carboxylic acids is 1. The lowest BCUT2D eigenvalue weighted by molar-refractivity contribution is -0.164. The Hall–Kier alpha value is -1.32. The molecule has 0 saturated carbocycles. The molecule has 0 bridgehead atoms. The third-order valence-electron chi connectivity index (χ3n) is 2.80. The van der Waals surface area contributed by atoms with E-state index in [1.807, 2.05) is 6.08 Å². The molecule has 0 aliphatic heterocycles. The topological polar surface area (TPSA) is 63.6 Å². The van der Waals surface area contributed by atoms with Crippen molar-refractivity contribution in [1.29, 1.82) is 0 Å². The number of hydrogen-bond donors (Lipinski definition) is 1. The number of carboxylic acid groups (broad SMARTS) is 1. The molecule has 0 aromatic rings. The van der Waals surface area contributed by atoms with Crippen LogP contribution in [0.5, 0.6) is 0 Å². The number of hydrogen-bond acceptors (Lipinski definition) is 3. The van der Waals surface area contributed by atoms with Crippen molar-refractivity contribution in [3.63, 3.8) is 0 Å². The Morgan fingerprint density at radius 2 is 2.14 bits per heavy atom. The van der Waals surface area contributed by atoms with E-state index in [-0.39, 0.29) is 0 Å². The second-order valence-corrected chi connectivity index (χ2v) is 3.71. The van der Waals surface area contributed by atoms with Gasteiger partial charge in [0.1, 0.15) is 0 Å². The van der Waals surface area contributed by atoms with Gasteiger partial charge in [-0.25, -0.2) is 0 Å². The molecular weight excluding hydrogens is 184 g/mol. The molecule has 2 unspecified atom stereocenters. The fourth-order valence-corrected chi connectivity index (χ4v) is 1.79. The molecule has 0 aromatic heterocycles. The van der Waals surface area contributed by atoms with E-state index in [2.05, 4.69) is 4.74 Å². The summed E-state index contributed by atoms with van der Waals surface area (Å²) in [6, 6.07) is 0. The summed E-state index contributed by atoms with van der Waals surface area (Å²) >= 11 is 0. The van der Waals surface area contributed by atoms with Gasteiger partial charge in [0.15, 0.2) is 0 Å². The first-order chi connectivity index (χ1) is 6.52. The molecule has 0 amide bonds. The van der Waals surface area contributed by atoms with E-state index in [4.69, 9.17) is 5.11 Å². The molecule has 4 nitrogen and oxygen atoms in total. The first-order valence-corrected chi connectivity index (χ1v) is 4.48. The van der Waals surface area contributed by atoms with E-state index >= 15 is 0 Å². The predicted octanol–water partition coefficient (Wildman–Crippen LogP) is 1.22. The smallest absolute Gasteiger partial charge is 0.312 e.